The summed E-state index contributed by atoms with van der Waals surface area (Å²) in [6.45, 7) is 3.06. The van der Waals surface area contributed by atoms with Crippen LogP contribution >= 0.6 is 11.6 Å². The number of rotatable bonds is 2. The predicted molar refractivity (Wildman–Crippen MR) is 36.2 cm³/mol. The highest BCUT2D eigenvalue weighted by atomic mass is 35.5. The number of aromatic amines is 1. The number of H-pyrrole nitrogens is 1. The van der Waals surface area contributed by atoms with E-state index in [-0.39, 0.29) is 0 Å². The third-order valence-corrected chi connectivity index (χ3v) is 1.60. The largest absolute Gasteiger partial charge is 0.250 e. The molecular formula is C6H10ClN2+. The first-order valence-corrected chi connectivity index (χ1v) is 3.53. The monoisotopic (exact) mass is 145 g/mol. The van der Waals surface area contributed by atoms with Crippen LogP contribution in [-0.2, 0) is 12.4 Å². The number of aromatic nitrogens is 2. The molecule has 50 valence electrons. The van der Waals surface area contributed by atoms with Crippen molar-refractivity contribution in [2.75, 3.05) is 0 Å². The Balaban J connectivity index is 2.85. The lowest BCUT2D eigenvalue weighted by atomic mass is 10.5. The van der Waals surface area contributed by atoms with Gasteiger partial charge in [0.25, 0.3) is 0 Å². The second-order valence-electron chi connectivity index (χ2n) is 1.85. The highest BCUT2D eigenvalue weighted by molar-refractivity contribution is 6.16. The van der Waals surface area contributed by atoms with Gasteiger partial charge in [0.2, 0.25) is 6.33 Å². The van der Waals surface area contributed by atoms with Gasteiger partial charge in [0.15, 0.2) is 5.69 Å². The van der Waals surface area contributed by atoms with Gasteiger partial charge in [-0.15, -0.1) is 11.6 Å². The van der Waals surface area contributed by atoms with E-state index < -0.39 is 0 Å². The summed E-state index contributed by atoms with van der Waals surface area (Å²) in [5.74, 6) is 0.581. The van der Waals surface area contributed by atoms with E-state index in [0.29, 0.717) is 5.88 Å². The van der Waals surface area contributed by atoms with Gasteiger partial charge in [-0.3, -0.25) is 0 Å². The summed E-state index contributed by atoms with van der Waals surface area (Å²) in [6, 6.07) is 0. The van der Waals surface area contributed by atoms with Gasteiger partial charge < -0.3 is 0 Å². The van der Waals surface area contributed by atoms with E-state index in [0.717, 1.165) is 12.2 Å². The zero-order valence-electron chi connectivity index (χ0n) is 5.39. The molecule has 1 heterocycles. The molecule has 0 radical (unpaired) electrons. The van der Waals surface area contributed by atoms with Crippen LogP contribution in [0, 0.1) is 0 Å². The van der Waals surface area contributed by atoms with E-state index in [2.05, 4.69) is 16.5 Å². The Labute approximate surface area is 59.5 Å². The minimum atomic E-state index is 0.581. The Kier molecular flexibility index (Phi) is 2.11. The molecule has 0 amide bonds. The summed E-state index contributed by atoms with van der Waals surface area (Å²) in [6.07, 6.45) is 3.83. The van der Waals surface area contributed by atoms with Gasteiger partial charge in [-0.05, 0) is 6.92 Å². The topological polar surface area (TPSA) is 19.7 Å². The van der Waals surface area contributed by atoms with Crippen molar-refractivity contribution >= 4 is 11.6 Å². The molecule has 2 nitrogen and oxygen atoms in total. The molecule has 0 saturated heterocycles. The molecule has 0 aliphatic carbocycles. The van der Waals surface area contributed by atoms with Crippen molar-refractivity contribution < 1.29 is 4.57 Å². The van der Waals surface area contributed by atoms with Crippen molar-refractivity contribution in [3.8, 4) is 0 Å². The summed E-state index contributed by atoms with van der Waals surface area (Å²) in [4.78, 5) is 2.98. The fraction of sp³-hybridized carbons (Fsp3) is 0.500. The van der Waals surface area contributed by atoms with Crippen molar-refractivity contribution in [1.82, 2.24) is 4.98 Å². The van der Waals surface area contributed by atoms with E-state index in [4.69, 9.17) is 11.6 Å². The molecule has 0 atom stereocenters. The van der Waals surface area contributed by atoms with E-state index >= 15 is 0 Å². The SMILES string of the molecule is CC[n+]1c[nH]cc1CCl. The summed E-state index contributed by atoms with van der Waals surface area (Å²) < 4.78 is 2.08. The Morgan fingerprint density at radius 2 is 2.56 bits per heavy atom. The van der Waals surface area contributed by atoms with E-state index in [1.165, 1.54) is 0 Å². The lowest BCUT2D eigenvalue weighted by molar-refractivity contribution is -0.698. The van der Waals surface area contributed by atoms with E-state index in [1.54, 1.807) is 0 Å². The van der Waals surface area contributed by atoms with Crippen LogP contribution in [0.15, 0.2) is 12.5 Å². The van der Waals surface area contributed by atoms with Crippen LogP contribution in [0.1, 0.15) is 12.6 Å². The Morgan fingerprint density at radius 1 is 1.78 bits per heavy atom. The molecule has 3 heteroatoms. The van der Waals surface area contributed by atoms with Crippen molar-refractivity contribution in [3.05, 3.63) is 18.2 Å². The third-order valence-electron chi connectivity index (χ3n) is 1.33. The molecule has 0 bridgehead atoms. The molecule has 1 aromatic rings. The fourth-order valence-corrected chi connectivity index (χ4v) is 1.03. The maximum absolute atomic E-state index is 5.61. The molecule has 0 unspecified atom stereocenters. The number of hydrogen-bond donors (Lipinski definition) is 1. The average molecular weight is 146 g/mol. The molecule has 9 heavy (non-hydrogen) atoms. The van der Waals surface area contributed by atoms with E-state index in [9.17, 15) is 0 Å². The number of hydrogen-bond acceptors (Lipinski definition) is 0. The molecule has 1 aromatic heterocycles. The van der Waals surface area contributed by atoms with Gasteiger partial charge in [0.1, 0.15) is 6.20 Å². The molecule has 0 aliphatic rings. The Bertz CT molecular complexity index is 164. The van der Waals surface area contributed by atoms with Crippen LogP contribution in [0.5, 0.6) is 0 Å². The van der Waals surface area contributed by atoms with E-state index in [1.807, 2.05) is 12.5 Å². The number of nitrogens with one attached hydrogen (secondary N) is 1. The van der Waals surface area contributed by atoms with Crippen LogP contribution in [0.2, 0.25) is 0 Å². The van der Waals surface area contributed by atoms with Crippen LogP contribution < -0.4 is 4.57 Å². The molecule has 1 N–H and O–H groups in total. The summed E-state index contributed by atoms with van der Waals surface area (Å²) in [5.41, 5.74) is 1.14. The second-order valence-corrected chi connectivity index (χ2v) is 2.12. The zero-order valence-corrected chi connectivity index (χ0v) is 6.15. The molecule has 0 spiro atoms. The molecular weight excluding hydrogens is 136 g/mol. The lowest BCUT2D eigenvalue weighted by Gasteiger charge is -1.89. The van der Waals surface area contributed by atoms with Gasteiger partial charge in [-0.2, -0.15) is 0 Å². The first-order chi connectivity index (χ1) is 4.38. The van der Waals surface area contributed by atoms with Crippen LogP contribution in [-0.4, -0.2) is 4.98 Å². The maximum atomic E-state index is 5.61. The minimum absolute atomic E-state index is 0.581. The highest BCUT2D eigenvalue weighted by Gasteiger charge is 2.02. The maximum Gasteiger partial charge on any atom is 0.241 e. The molecule has 1 rings (SSSR count). The van der Waals surface area contributed by atoms with Crippen LogP contribution in [0.4, 0.5) is 0 Å². The van der Waals surface area contributed by atoms with Gasteiger partial charge in [0, 0.05) is 0 Å². The summed E-state index contributed by atoms with van der Waals surface area (Å²) in [7, 11) is 0. The second kappa shape index (κ2) is 2.87. The number of aryl methyl sites for hydroxylation is 1. The first-order valence-electron chi connectivity index (χ1n) is 2.99. The van der Waals surface area contributed by atoms with Gasteiger partial charge >= 0.3 is 0 Å². The highest BCUT2D eigenvalue weighted by Crippen LogP contribution is 1.93. The molecule has 0 saturated carbocycles. The van der Waals surface area contributed by atoms with Gasteiger partial charge in [-0.1, -0.05) is 0 Å². The fourth-order valence-electron chi connectivity index (χ4n) is 0.799. The minimum Gasteiger partial charge on any atom is -0.250 e. The van der Waals surface area contributed by atoms with Gasteiger partial charge in [0.05, 0.1) is 12.4 Å². The average Bonchev–Trinajstić information content (AvgIpc) is 2.33. The van der Waals surface area contributed by atoms with Crippen molar-refractivity contribution in [1.29, 1.82) is 0 Å². The number of alkyl halides is 1. The number of imidazole rings is 1. The summed E-state index contributed by atoms with van der Waals surface area (Å²) in [5, 5.41) is 0. The van der Waals surface area contributed by atoms with Crippen molar-refractivity contribution in [3.63, 3.8) is 0 Å². The first kappa shape index (κ1) is 6.62. The van der Waals surface area contributed by atoms with Crippen molar-refractivity contribution in [2.24, 2.45) is 0 Å². The Morgan fingerprint density at radius 3 is 3.00 bits per heavy atom. The molecule has 0 aromatic carbocycles. The molecule has 0 aliphatic heterocycles. The third kappa shape index (κ3) is 1.24. The zero-order chi connectivity index (χ0) is 6.69. The smallest absolute Gasteiger partial charge is 0.241 e. The van der Waals surface area contributed by atoms with Gasteiger partial charge in [-0.25, -0.2) is 9.55 Å². The van der Waals surface area contributed by atoms with Crippen LogP contribution in [0.25, 0.3) is 0 Å². The Hall–Kier alpha value is -0.500. The number of halogens is 1. The predicted octanol–water partition coefficient (Wildman–Crippen LogP) is 1.06. The standard InChI is InChI=1S/C6H9ClN2/c1-2-9-5-8-4-6(9)3-7/h4-5H,2-3H2,1H3/p+1. The molecule has 0 fully saturated rings. The normalized spacial score (nSPS) is 10.0. The summed E-state index contributed by atoms with van der Waals surface area (Å²) >= 11 is 5.61. The van der Waals surface area contributed by atoms with Crippen LogP contribution in [0.3, 0.4) is 0 Å². The van der Waals surface area contributed by atoms with Crippen molar-refractivity contribution in [2.45, 2.75) is 19.3 Å². The number of nitrogens with zero attached hydrogens (tertiary/aromatic N) is 1. The lowest BCUT2D eigenvalue weighted by Crippen LogP contribution is -2.33. The quantitative estimate of drug-likeness (QED) is 0.475.